The monoisotopic (exact) mass is 284 g/mol. The molecule has 112 valence electrons. The van der Waals surface area contributed by atoms with Gasteiger partial charge < -0.3 is 15.4 Å². The van der Waals surface area contributed by atoms with E-state index in [0.717, 1.165) is 17.9 Å². The molecule has 0 aliphatic rings. The van der Waals surface area contributed by atoms with Gasteiger partial charge in [0.15, 0.2) is 0 Å². The lowest BCUT2D eigenvalue weighted by Gasteiger charge is -2.21. The fraction of sp³-hybridized carbons (Fsp3) is 0.333. The molecule has 2 rings (SSSR count). The topological polar surface area (TPSA) is 33.3 Å². The summed E-state index contributed by atoms with van der Waals surface area (Å²) in [6, 6.07) is 16.4. The van der Waals surface area contributed by atoms with Crippen LogP contribution in [0, 0.1) is 0 Å². The van der Waals surface area contributed by atoms with Crippen molar-refractivity contribution in [3.05, 3.63) is 54.1 Å². The third kappa shape index (κ3) is 4.15. The highest BCUT2D eigenvalue weighted by Gasteiger charge is 2.08. The van der Waals surface area contributed by atoms with Crippen LogP contribution in [0.5, 0.6) is 5.75 Å². The van der Waals surface area contributed by atoms with Gasteiger partial charge in [-0.25, -0.2) is 0 Å². The van der Waals surface area contributed by atoms with Crippen molar-refractivity contribution in [1.29, 1.82) is 0 Å². The Bertz CT molecular complexity index is 569. The highest BCUT2D eigenvalue weighted by atomic mass is 16.5. The molecule has 2 aromatic rings. The fourth-order valence-electron chi connectivity index (χ4n) is 2.34. The number of nitrogens with one attached hydrogen (secondary N) is 2. The van der Waals surface area contributed by atoms with Gasteiger partial charge >= 0.3 is 0 Å². The second kappa shape index (κ2) is 7.58. The smallest absolute Gasteiger partial charge is 0.142 e. The van der Waals surface area contributed by atoms with Crippen molar-refractivity contribution in [3.8, 4) is 5.75 Å². The Labute approximate surface area is 127 Å². The molecule has 0 amide bonds. The van der Waals surface area contributed by atoms with Crippen LogP contribution in [-0.2, 0) is 6.42 Å². The normalized spacial score (nSPS) is 11.8. The number of benzene rings is 2. The molecular weight excluding hydrogens is 260 g/mol. The van der Waals surface area contributed by atoms with Gasteiger partial charge in [-0.15, -0.1) is 0 Å². The predicted octanol–water partition coefficient (Wildman–Crippen LogP) is 4.52. The lowest BCUT2D eigenvalue weighted by molar-refractivity contribution is 0.341. The summed E-state index contributed by atoms with van der Waals surface area (Å²) < 4.78 is 5.64. The van der Waals surface area contributed by atoms with Crippen LogP contribution in [0.3, 0.4) is 0 Å². The van der Waals surface area contributed by atoms with Gasteiger partial charge in [0.1, 0.15) is 5.75 Å². The van der Waals surface area contributed by atoms with E-state index in [9.17, 15) is 0 Å². The van der Waals surface area contributed by atoms with Crippen LogP contribution in [0.1, 0.15) is 26.3 Å². The van der Waals surface area contributed by atoms with Crippen LogP contribution in [-0.4, -0.2) is 12.8 Å². The Hall–Kier alpha value is -2.16. The van der Waals surface area contributed by atoms with Crippen LogP contribution in [0.2, 0.25) is 0 Å². The van der Waals surface area contributed by atoms with E-state index in [1.165, 1.54) is 11.3 Å². The summed E-state index contributed by atoms with van der Waals surface area (Å²) in [6.45, 7) is 6.94. The SMILES string of the molecule is CCOc1ccccc1NC(C)Nc1ccccc1CC. The lowest BCUT2D eigenvalue weighted by Crippen LogP contribution is -2.25. The molecule has 2 aromatic carbocycles. The van der Waals surface area contributed by atoms with Crippen molar-refractivity contribution >= 4 is 11.4 Å². The zero-order chi connectivity index (χ0) is 15.1. The van der Waals surface area contributed by atoms with Crippen LogP contribution >= 0.6 is 0 Å². The Morgan fingerprint density at radius 3 is 2.24 bits per heavy atom. The van der Waals surface area contributed by atoms with E-state index in [0.29, 0.717) is 6.61 Å². The maximum atomic E-state index is 5.64. The van der Waals surface area contributed by atoms with Crippen LogP contribution in [0.15, 0.2) is 48.5 Å². The van der Waals surface area contributed by atoms with Gasteiger partial charge in [-0.3, -0.25) is 0 Å². The molecule has 0 aromatic heterocycles. The largest absolute Gasteiger partial charge is 0.492 e. The van der Waals surface area contributed by atoms with Crippen molar-refractivity contribution in [2.75, 3.05) is 17.2 Å². The van der Waals surface area contributed by atoms with E-state index in [1.54, 1.807) is 0 Å². The highest BCUT2D eigenvalue weighted by Crippen LogP contribution is 2.25. The predicted molar refractivity (Wildman–Crippen MR) is 90.1 cm³/mol. The zero-order valence-corrected chi connectivity index (χ0v) is 13.0. The first-order chi connectivity index (χ1) is 10.2. The summed E-state index contributed by atoms with van der Waals surface area (Å²) >= 11 is 0. The molecule has 0 heterocycles. The van der Waals surface area contributed by atoms with E-state index in [4.69, 9.17) is 4.74 Å². The first-order valence-electron chi connectivity index (χ1n) is 7.57. The number of rotatable bonds is 7. The second-order valence-electron chi connectivity index (χ2n) is 4.95. The Morgan fingerprint density at radius 1 is 0.905 bits per heavy atom. The maximum absolute atomic E-state index is 5.64. The number of aryl methyl sites for hydroxylation is 1. The number of hydrogen-bond donors (Lipinski definition) is 2. The zero-order valence-electron chi connectivity index (χ0n) is 13.0. The molecule has 1 atom stereocenters. The van der Waals surface area contributed by atoms with Crippen molar-refractivity contribution in [2.24, 2.45) is 0 Å². The van der Waals surface area contributed by atoms with Gasteiger partial charge in [-0.1, -0.05) is 37.3 Å². The average Bonchev–Trinajstić information content (AvgIpc) is 2.50. The molecule has 0 aliphatic carbocycles. The van der Waals surface area contributed by atoms with Crippen molar-refractivity contribution < 1.29 is 4.74 Å². The van der Waals surface area contributed by atoms with Crippen molar-refractivity contribution in [2.45, 2.75) is 33.4 Å². The minimum atomic E-state index is 0.110. The van der Waals surface area contributed by atoms with Gasteiger partial charge in [0.05, 0.1) is 18.5 Å². The standard InChI is InChI=1S/C18H24N2O/c1-4-15-10-6-7-11-16(15)19-14(3)20-17-12-8-9-13-18(17)21-5-2/h6-14,19-20H,4-5H2,1-3H3. The summed E-state index contributed by atoms with van der Waals surface area (Å²) in [5, 5.41) is 6.97. The van der Waals surface area contributed by atoms with E-state index >= 15 is 0 Å². The van der Waals surface area contributed by atoms with Gasteiger partial charge in [0, 0.05) is 5.69 Å². The minimum absolute atomic E-state index is 0.110. The average molecular weight is 284 g/mol. The molecule has 3 heteroatoms. The van der Waals surface area contributed by atoms with Gasteiger partial charge in [-0.05, 0) is 44.0 Å². The third-order valence-electron chi connectivity index (χ3n) is 3.33. The van der Waals surface area contributed by atoms with E-state index in [2.05, 4.69) is 48.7 Å². The molecule has 3 nitrogen and oxygen atoms in total. The molecule has 21 heavy (non-hydrogen) atoms. The quantitative estimate of drug-likeness (QED) is 0.733. The molecule has 1 unspecified atom stereocenters. The Kier molecular flexibility index (Phi) is 5.50. The molecule has 0 saturated carbocycles. The van der Waals surface area contributed by atoms with E-state index in [-0.39, 0.29) is 6.17 Å². The molecule has 2 N–H and O–H groups in total. The van der Waals surface area contributed by atoms with Gasteiger partial charge in [-0.2, -0.15) is 0 Å². The van der Waals surface area contributed by atoms with Gasteiger partial charge in [0.25, 0.3) is 0 Å². The molecular formula is C18H24N2O. The highest BCUT2D eigenvalue weighted by molar-refractivity contribution is 5.59. The molecule has 0 fully saturated rings. The molecule has 0 spiro atoms. The molecule has 0 radical (unpaired) electrons. The number of para-hydroxylation sites is 3. The molecule has 0 saturated heterocycles. The van der Waals surface area contributed by atoms with Crippen LogP contribution < -0.4 is 15.4 Å². The van der Waals surface area contributed by atoms with Crippen LogP contribution in [0.4, 0.5) is 11.4 Å². The molecule has 0 bridgehead atoms. The Morgan fingerprint density at radius 2 is 1.52 bits per heavy atom. The first-order valence-corrected chi connectivity index (χ1v) is 7.57. The first kappa shape index (κ1) is 15.2. The summed E-state index contributed by atoms with van der Waals surface area (Å²) in [6.07, 6.45) is 1.13. The van der Waals surface area contributed by atoms with Crippen molar-refractivity contribution in [1.82, 2.24) is 0 Å². The van der Waals surface area contributed by atoms with E-state index < -0.39 is 0 Å². The Balaban J connectivity index is 2.06. The number of anilines is 2. The lowest BCUT2D eigenvalue weighted by atomic mass is 10.1. The summed E-state index contributed by atoms with van der Waals surface area (Å²) in [5.74, 6) is 0.887. The van der Waals surface area contributed by atoms with Crippen molar-refractivity contribution in [3.63, 3.8) is 0 Å². The van der Waals surface area contributed by atoms with E-state index in [1.807, 2.05) is 31.2 Å². The molecule has 0 aliphatic heterocycles. The number of hydrogen-bond acceptors (Lipinski definition) is 3. The minimum Gasteiger partial charge on any atom is -0.492 e. The van der Waals surface area contributed by atoms with Gasteiger partial charge in [0.2, 0.25) is 0 Å². The summed E-state index contributed by atoms with van der Waals surface area (Å²) in [7, 11) is 0. The number of ether oxygens (including phenoxy) is 1. The second-order valence-corrected chi connectivity index (χ2v) is 4.95. The maximum Gasteiger partial charge on any atom is 0.142 e. The van der Waals surface area contributed by atoms with Crippen LogP contribution in [0.25, 0.3) is 0 Å². The fourth-order valence-corrected chi connectivity index (χ4v) is 2.34. The summed E-state index contributed by atoms with van der Waals surface area (Å²) in [5.41, 5.74) is 3.51. The third-order valence-corrected chi connectivity index (χ3v) is 3.33. The summed E-state index contributed by atoms with van der Waals surface area (Å²) in [4.78, 5) is 0.